The molecule has 4 nitrogen and oxygen atoms in total. The number of hydrogen-bond acceptors (Lipinski definition) is 4. The molecule has 20 rings (SSSR count). The number of fused-ring (bicyclic) bond motifs is 23. The van der Waals surface area contributed by atoms with Gasteiger partial charge in [0.1, 0.15) is 44.7 Å². The Morgan fingerprint density at radius 1 is 0.302 bits per heavy atom. The molecule has 0 radical (unpaired) electrons. The van der Waals surface area contributed by atoms with Crippen molar-refractivity contribution in [1.29, 1.82) is 0 Å². The van der Waals surface area contributed by atoms with Gasteiger partial charge >= 0.3 is 0 Å². The van der Waals surface area contributed by atoms with E-state index in [1.54, 1.807) is 0 Å². The number of para-hydroxylation sites is 1. The van der Waals surface area contributed by atoms with Gasteiger partial charge in [-0.1, -0.05) is 232 Å². The van der Waals surface area contributed by atoms with E-state index in [1.807, 2.05) is 6.07 Å². The minimum atomic E-state index is 0.209. The van der Waals surface area contributed by atoms with Crippen LogP contribution in [0, 0.1) is 5.92 Å². The molecule has 0 amide bonds. The van der Waals surface area contributed by atoms with Crippen LogP contribution < -0.4 is 0 Å². The fourth-order valence-electron chi connectivity index (χ4n) is 16.0. The number of hydrogen-bond donors (Lipinski definition) is 0. The molecule has 15 aromatic carbocycles. The second kappa shape index (κ2) is 21.0. The topological polar surface area (TPSA) is 52.6 Å². The number of furan rings is 4. The Hall–Kier alpha value is -12.5. The summed E-state index contributed by atoms with van der Waals surface area (Å²) in [6.45, 7) is 9.11. The Labute approximate surface area is 550 Å². The fraction of sp³-hybridized carbons (Fsp3) is 0.0217. The van der Waals surface area contributed by atoms with Gasteiger partial charge in [-0.05, 0) is 195 Å². The maximum Gasteiger partial charge on any atom is 0.144 e. The molecule has 1 atom stereocenters. The predicted molar refractivity (Wildman–Crippen MR) is 405 cm³/mol. The number of rotatable bonds is 7. The van der Waals surface area contributed by atoms with Gasteiger partial charge in [-0.2, -0.15) is 0 Å². The maximum atomic E-state index is 7.28. The minimum Gasteiger partial charge on any atom is -0.456 e. The molecule has 4 heteroatoms. The van der Waals surface area contributed by atoms with Crippen molar-refractivity contribution in [1.82, 2.24) is 0 Å². The van der Waals surface area contributed by atoms with E-state index in [-0.39, 0.29) is 5.92 Å². The van der Waals surface area contributed by atoms with Crippen LogP contribution >= 0.6 is 0 Å². The molecule has 0 spiro atoms. The Bertz CT molecular complexity index is 6730. The van der Waals surface area contributed by atoms with Gasteiger partial charge in [0.2, 0.25) is 0 Å². The van der Waals surface area contributed by atoms with Crippen LogP contribution in [0.3, 0.4) is 0 Å². The third-order valence-electron chi connectivity index (χ3n) is 20.5. The van der Waals surface area contributed by atoms with E-state index in [4.69, 9.17) is 24.2 Å². The van der Waals surface area contributed by atoms with E-state index < -0.39 is 0 Å². The van der Waals surface area contributed by atoms with E-state index in [1.165, 1.54) is 43.4 Å². The summed E-state index contributed by atoms with van der Waals surface area (Å²) in [5, 5.41) is 22.0. The molecule has 19 aromatic rings. The molecule has 1 aliphatic carbocycles. The molecule has 0 N–H and O–H groups in total. The first-order valence-corrected chi connectivity index (χ1v) is 32.9. The lowest BCUT2D eigenvalue weighted by Gasteiger charge is -2.22. The van der Waals surface area contributed by atoms with Gasteiger partial charge in [-0.3, -0.25) is 0 Å². The molecule has 0 aliphatic heterocycles. The minimum absolute atomic E-state index is 0.209. The van der Waals surface area contributed by atoms with Crippen LogP contribution in [0.4, 0.5) is 0 Å². The van der Waals surface area contributed by atoms with Crippen molar-refractivity contribution in [2.45, 2.75) is 6.42 Å². The highest BCUT2D eigenvalue weighted by molar-refractivity contribution is 6.35. The monoisotopic (exact) mass is 1220 g/mol. The normalized spacial score (nSPS) is 13.5. The predicted octanol–water partition coefficient (Wildman–Crippen LogP) is 26.7. The summed E-state index contributed by atoms with van der Waals surface area (Å²) in [5.74, 6) is 0.209. The highest BCUT2D eigenvalue weighted by Gasteiger charge is 2.25. The van der Waals surface area contributed by atoms with Crippen molar-refractivity contribution in [3.05, 3.63) is 322 Å². The van der Waals surface area contributed by atoms with Gasteiger partial charge in [-0.15, -0.1) is 0 Å². The largest absolute Gasteiger partial charge is 0.456 e. The van der Waals surface area contributed by atoms with Gasteiger partial charge in [0.25, 0.3) is 0 Å². The Morgan fingerprint density at radius 2 is 0.781 bits per heavy atom. The first-order valence-electron chi connectivity index (χ1n) is 32.9. The van der Waals surface area contributed by atoms with Crippen LogP contribution in [0.2, 0.25) is 0 Å². The maximum absolute atomic E-state index is 7.28. The molecular formula is C92H56O4. The summed E-state index contributed by atoms with van der Waals surface area (Å²) >= 11 is 0. The molecule has 96 heavy (non-hydrogen) atoms. The SMILES string of the molecule is C=C(CC1C=CC=CC1=C)c1c2ccccc2c(-c2ccc3oc4c(ccc5c4ccc4oc6cc(-c7ccc8c(c7)c7oc9cc(-c%10ccccccc(-c%11ccc%12ccccc%12c%11)c%11ccccc%10%11)ccc9c7c7c9ccccc9oc87)ccc6c45)c3c2)c2ccccc12. The van der Waals surface area contributed by atoms with Crippen molar-refractivity contribution in [3.63, 3.8) is 0 Å². The lowest BCUT2D eigenvalue weighted by molar-refractivity contribution is 0.668. The second-order valence-corrected chi connectivity index (χ2v) is 25.8. The highest BCUT2D eigenvalue weighted by atomic mass is 16.3. The fourth-order valence-corrected chi connectivity index (χ4v) is 16.0. The van der Waals surface area contributed by atoms with Gasteiger partial charge in [0.15, 0.2) is 0 Å². The zero-order valence-electron chi connectivity index (χ0n) is 52.1. The standard InChI is InChI=1S/C92H56O4/c1-53-19-7-8-21-56(53)47-54(2)85-67-27-13-15-29-69(67)86(70-30-16-14-28-68(70)85)62-38-45-81-78(50-62)73-43-42-71-72(90(73)94-81)44-46-82-87(71)76-40-36-59(51-83(76)93-82)58-35-39-74-79(49-58)92-89(88-75-31-17-18-32-80(75)95-91(74)88)77-41-37-61(52-84(77)96-92)64-24-6-4-3-5-23-63(65-25-11-12-26-66(64)65)60-34-33-55-20-9-10-22-57(55)48-60/h3-46,48-52,56H,1-2,47H2. The van der Waals surface area contributed by atoms with E-state index in [9.17, 15) is 0 Å². The van der Waals surface area contributed by atoms with E-state index in [0.717, 1.165) is 177 Å². The number of benzene rings is 14. The first kappa shape index (κ1) is 54.1. The molecule has 1 aliphatic rings. The Balaban J connectivity index is 0.699. The van der Waals surface area contributed by atoms with Crippen LogP contribution in [0.1, 0.15) is 12.0 Å². The molecule has 1 unspecified atom stereocenters. The first-order chi connectivity index (χ1) is 47.4. The smallest absolute Gasteiger partial charge is 0.144 e. The average molecular weight is 1230 g/mol. The second-order valence-electron chi connectivity index (χ2n) is 25.8. The van der Waals surface area contributed by atoms with Gasteiger partial charge in [0, 0.05) is 65.2 Å². The van der Waals surface area contributed by atoms with Crippen molar-refractivity contribution in [2.75, 3.05) is 0 Å². The molecule has 4 aromatic heterocycles. The summed E-state index contributed by atoms with van der Waals surface area (Å²) < 4.78 is 27.9. The van der Waals surface area contributed by atoms with E-state index >= 15 is 0 Å². The lowest BCUT2D eigenvalue weighted by Crippen LogP contribution is -2.03. The zero-order chi connectivity index (χ0) is 63.3. The summed E-state index contributed by atoms with van der Waals surface area (Å²) in [6, 6.07) is 98.3. The van der Waals surface area contributed by atoms with Gasteiger partial charge in [0.05, 0.1) is 0 Å². The summed E-state index contributed by atoms with van der Waals surface area (Å²) in [4.78, 5) is 0. The van der Waals surface area contributed by atoms with Crippen LogP contribution in [0.5, 0.6) is 0 Å². The third kappa shape index (κ3) is 8.22. The Kier molecular flexibility index (Phi) is 11.8. The Morgan fingerprint density at radius 3 is 1.54 bits per heavy atom. The molecule has 0 fully saturated rings. The number of allylic oxidation sites excluding steroid dienone is 6. The van der Waals surface area contributed by atoms with Gasteiger partial charge < -0.3 is 17.7 Å². The summed E-state index contributed by atoms with van der Waals surface area (Å²) in [6.07, 6.45) is 9.34. The van der Waals surface area contributed by atoms with Crippen molar-refractivity contribution >= 4 is 158 Å². The lowest BCUT2D eigenvalue weighted by atomic mass is 9.82. The molecule has 448 valence electrons. The van der Waals surface area contributed by atoms with E-state index in [0.29, 0.717) is 0 Å². The van der Waals surface area contributed by atoms with Crippen LogP contribution in [0.15, 0.2) is 334 Å². The van der Waals surface area contributed by atoms with E-state index in [2.05, 4.69) is 298 Å². The summed E-state index contributed by atoms with van der Waals surface area (Å²) in [5.41, 5.74) is 18.9. The average Bonchev–Trinajstić information content (AvgIpc) is 1.55. The highest BCUT2D eigenvalue weighted by Crippen LogP contribution is 2.50. The van der Waals surface area contributed by atoms with Crippen LogP contribution in [-0.2, 0) is 0 Å². The molecule has 0 bridgehead atoms. The van der Waals surface area contributed by atoms with Crippen LogP contribution in [-0.4, -0.2) is 0 Å². The molecule has 0 saturated heterocycles. The summed E-state index contributed by atoms with van der Waals surface area (Å²) in [7, 11) is 0. The van der Waals surface area contributed by atoms with Crippen LogP contribution in [0.25, 0.3) is 202 Å². The third-order valence-corrected chi connectivity index (χ3v) is 20.5. The molecule has 4 heterocycles. The zero-order valence-corrected chi connectivity index (χ0v) is 52.1. The van der Waals surface area contributed by atoms with Crippen molar-refractivity contribution in [2.24, 2.45) is 5.92 Å². The van der Waals surface area contributed by atoms with Gasteiger partial charge in [-0.25, -0.2) is 0 Å². The quantitative estimate of drug-likeness (QED) is 0.149. The van der Waals surface area contributed by atoms with Crippen molar-refractivity contribution in [3.8, 4) is 44.5 Å². The molecule has 0 saturated carbocycles. The van der Waals surface area contributed by atoms with Crippen molar-refractivity contribution < 1.29 is 17.7 Å². The molecular weight excluding hydrogens is 1170 g/mol.